The van der Waals surface area contributed by atoms with Crippen LogP contribution < -0.4 is 26.2 Å². The Morgan fingerprint density at radius 1 is 0.465 bits per heavy atom. The Balaban J connectivity index is 1.18. The predicted molar refractivity (Wildman–Crippen MR) is 304 cm³/mol. The van der Waals surface area contributed by atoms with E-state index < -0.39 is 6.85 Å². The van der Waals surface area contributed by atoms with Gasteiger partial charge in [0.25, 0.3) is 6.71 Å². The quantitative estimate of drug-likeness (QED) is 0.165. The van der Waals surface area contributed by atoms with Crippen molar-refractivity contribution in [1.29, 1.82) is 0 Å². The van der Waals surface area contributed by atoms with E-state index in [2.05, 4.69) is 198 Å². The number of para-hydroxylation sites is 1. The minimum atomic E-state index is -2.38. The molecule has 3 aliphatic carbocycles. The van der Waals surface area contributed by atoms with E-state index in [1.165, 1.54) is 55.4 Å². The van der Waals surface area contributed by atoms with Crippen LogP contribution in [0.3, 0.4) is 0 Å². The molecular weight excluding hydrogens is 860 g/mol. The molecule has 0 unspecified atom stereocenters. The van der Waals surface area contributed by atoms with E-state index in [1.54, 1.807) is 0 Å². The number of hydrogen-bond acceptors (Lipinski definition) is 3. The van der Waals surface area contributed by atoms with E-state index in [-0.39, 0.29) is 39.2 Å². The Hall–Kier alpha value is -6.00. The Labute approximate surface area is 428 Å². The molecule has 0 amide bonds. The van der Waals surface area contributed by atoms with E-state index in [1.807, 2.05) is 18.2 Å². The van der Waals surface area contributed by atoms with Crippen molar-refractivity contribution in [3.05, 3.63) is 159 Å². The van der Waals surface area contributed by atoms with E-state index in [0.29, 0.717) is 5.56 Å². The van der Waals surface area contributed by atoms with Crippen LogP contribution >= 0.6 is 0 Å². The molecule has 0 fully saturated rings. The summed E-state index contributed by atoms with van der Waals surface area (Å²) in [5.41, 5.74) is 24.9. The van der Waals surface area contributed by atoms with E-state index >= 15 is 0 Å². The summed E-state index contributed by atoms with van der Waals surface area (Å²) >= 11 is 0. The standard InChI is InChI=1S/C67H71BN2O/c1-38-27-56-61-57(28-38)70(54-34-49-45(30-40(54)3)65(10,11)37-67(49,14)15)55-35-47-46(62(4,5)25-26-63(47,6)7)32-51(55)68(61)50-31-41(42-20-18-22-59-60(42)43-19-16-17-21-58(43)71-59)23-24-52(50)69(56)53-33-48-44(29-39(53)2)64(8,9)36-66(48,12)13/h16-24,27-35H,25-26,36-37H2,1-15H3/i1D3. The number of aryl methyl sites for hydroxylation is 3. The Kier molecular flexibility index (Phi) is 8.29. The molecule has 0 radical (unpaired) electrons. The summed E-state index contributed by atoms with van der Waals surface area (Å²) in [6.45, 7) is 30.8. The minimum Gasteiger partial charge on any atom is -0.456 e. The van der Waals surface area contributed by atoms with Gasteiger partial charge in [-0.05, 0) is 205 Å². The zero-order chi connectivity index (χ0) is 52.4. The second-order valence-corrected chi connectivity index (χ2v) is 26.6. The molecule has 0 bridgehead atoms. The molecule has 0 spiro atoms. The molecule has 3 heterocycles. The molecule has 0 saturated carbocycles. The lowest BCUT2D eigenvalue weighted by Crippen LogP contribution is -2.62. The van der Waals surface area contributed by atoms with Gasteiger partial charge < -0.3 is 14.2 Å². The van der Waals surface area contributed by atoms with Gasteiger partial charge >= 0.3 is 0 Å². The molecule has 5 aliphatic rings. The van der Waals surface area contributed by atoms with Gasteiger partial charge in [-0.15, -0.1) is 0 Å². The van der Waals surface area contributed by atoms with Crippen LogP contribution in [0.1, 0.15) is 163 Å². The Morgan fingerprint density at radius 3 is 1.55 bits per heavy atom. The molecule has 7 aromatic carbocycles. The van der Waals surface area contributed by atoms with Crippen molar-refractivity contribution in [2.24, 2.45) is 0 Å². The fraction of sp³-hybridized carbons (Fsp3) is 0.373. The highest BCUT2D eigenvalue weighted by Gasteiger charge is 2.49. The van der Waals surface area contributed by atoms with E-state index in [9.17, 15) is 4.11 Å². The first kappa shape index (κ1) is 41.6. The van der Waals surface area contributed by atoms with Gasteiger partial charge in [0.1, 0.15) is 11.2 Å². The number of nitrogens with zero attached hydrogens (tertiary/aromatic N) is 2. The Morgan fingerprint density at radius 2 is 0.958 bits per heavy atom. The average molecular weight is 934 g/mol. The second-order valence-electron chi connectivity index (χ2n) is 26.6. The average Bonchev–Trinajstić information content (AvgIpc) is 3.88. The maximum atomic E-state index is 9.28. The van der Waals surface area contributed by atoms with Crippen LogP contribution in [-0.2, 0) is 32.5 Å². The summed E-state index contributed by atoms with van der Waals surface area (Å²) in [7, 11) is 0. The van der Waals surface area contributed by atoms with Gasteiger partial charge in [-0.25, -0.2) is 0 Å². The zero-order valence-corrected chi connectivity index (χ0v) is 44.6. The summed E-state index contributed by atoms with van der Waals surface area (Å²) in [4.78, 5) is 4.98. The number of furan rings is 1. The molecule has 4 heteroatoms. The van der Waals surface area contributed by atoms with Gasteiger partial charge in [-0.2, -0.15) is 0 Å². The molecule has 3 nitrogen and oxygen atoms in total. The molecule has 0 atom stereocenters. The molecule has 13 rings (SSSR count). The van der Waals surface area contributed by atoms with Crippen molar-refractivity contribution in [3.63, 3.8) is 0 Å². The fourth-order valence-electron chi connectivity index (χ4n) is 15.5. The second kappa shape index (κ2) is 14.1. The lowest BCUT2D eigenvalue weighted by atomic mass is 9.33. The molecule has 71 heavy (non-hydrogen) atoms. The minimum absolute atomic E-state index is 0.0176. The van der Waals surface area contributed by atoms with Crippen LogP contribution in [0.25, 0.3) is 33.1 Å². The normalized spacial score (nSPS) is 20.6. The third-order valence-corrected chi connectivity index (χ3v) is 18.6. The van der Waals surface area contributed by atoms with Crippen molar-refractivity contribution in [1.82, 2.24) is 0 Å². The number of anilines is 6. The molecule has 0 saturated heterocycles. The third kappa shape index (κ3) is 6.21. The van der Waals surface area contributed by atoms with Crippen LogP contribution in [0.15, 0.2) is 114 Å². The maximum Gasteiger partial charge on any atom is 0.252 e. The molecular formula is C67H71BN2O. The summed E-state index contributed by atoms with van der Waals surface area (Å²) in [6, 6.07) is 41.0. The number of hydrogen-bond donors (Lipinski definition) is 0. The highest BCUT2D eigenvalue weighted by atomic mass is 16.3. The van der Waals surface area contributed by atoms with Gasteiger partial charge in [0.2, 0.25) is 0 Å². The van der Waals surface area contributed by atoms with Crippen molar-refractivity contribution in [2.45, 2.75) is 162 Å². The number of benzene rings is 7. The molecule has 8 aromatic rings. The van der Waals surface area contributed by atoms with Crippen LogP contribution in [-0.4, -0.2) is 6.71 Å². The monoisotopic (exact) mass is 934 g/mol. The van der Waals surface area contributed by atoms with Gasteiger partial charge in [0.15, 0.2) is 0 Å². The highest BCUT2D eigenvalue weighted by Crippen LogP contribution is 2.56. The first-order valence-electron chi connectivity index (χ1n) is 27.9. The van der Waals surface area contributed by atoms with Crippen LogP contribution in [0.5, 0.6) is 0 Å². The van der Waals surface area contributed by atoms with Crippen LogP contribution in [0, 0.1) is 20.7 Å². The summed E-state index contributed by atoms with van der Waals surface area (Å²) in [5.74, 6) is 0. The van der Waals surface area contributed by atoms with E-state index in [0.717, 1.165) is 98.3 Å². The van der Waals surface area contributed by atoms with Crippen molar-refractivity contribution in [3.8, 4) is 11.1 Å². The van der Waals surface area contributed by atoms with Crippen LogP contribution in [0.4, 0.5) is 34.1 Å². The summed E-state index contributed by atoms with van der Waals surface area (Å²) in [5, 5.41) is 2.22. The first-order valence-corrected chi connectivity index (χ1v) is 26.4. The fourth-order valence-corrected chi connectivity index (χ4v) is 15.5. The molecule has 358 valence electrons. The van der Waals surface area contributed by atoms with Gasteiger partial charge in [0, 0.05) is 49.0 Å². The highest BCUT2D eigenvalue weighted by molar-refractivity contribution is 7.00. The van der Waals surface area contributed by atoms with E-state index in [4.69, 9.17) is 4.42 Å². The van der Waals surface area contributed by atoms with Crippen molar-refractivity contribution in [2.75, 3.05) is 9.80 Å². The third-order valence-electron chi connectivity index (χ3n) is 18.6. The van der Waals surface area contributed by atoms with Crippen molar-refractivity contribution >= 4 is 79.2 Å². The van der Waals surface area contributed by atoms with Gasteiger partial charge in [0.05, 0.1) is 0 Å². The lowest BCUT2D eigenvalue weighted by molar-refractivity contribution is 0.332. The SMILES string of the molecule is [2H]C([2H])([2H])c1cc2c3c(c1)N(c1cc4c(cc1C)C(C)(C)CC4(C)C)c1cc4c(cc1B3c1cc(-c3cccc5oc6ccccc6c35)ccc1N2c1cc2c(cc1C)C(C)(C)CC2(C)C)C(C)(C)CCC4(C)C. The molecule has 2 aliphatic heterocycles. The van der Waals surface area contributed by atoms with Gasteiger partial charge in [-0.1, -0.05) is 144 Å². The molecule has 0 N–H and O–H groups in total. The summed E-state index contributed by atoms with van der Waals surface area (Å²) in [6.07, 6.45) is 4.29. The molecule has 1 aromatic heterocycles. The van der Waals surface area contributed by atoms with Crippen LogP contribution in [0.2, 0.25) is 0 Å². The zero-order valence-electron chi connectivity index (χ0n) is 47.6. The summed E-state index contributed by atoms with van der Waals surface area (Å²) < 4.78 is 34.4. The first-order chi connectivity index (χ1) is 34.6. The van der Waals surface area contributed by atoms with Gasteiger partial charge in [-0.3, -0.25) is 0 Å². The Bertz CT molecular complexity index is 3790. The topological polar surface area (TPSA) is 19.6 Å². The smallest absolute Gasteiger partial charge is 0.252 e. The maximum absolute atomic E-state index is 9.28. The lowest BCUT2D eigenvalue weighted by Gasteiger charge is -2.48. The predicted octanol–water partition coefficient (Wildman–Crippen LogP) is 16.5. The number of fused-ring (bicyclic) bond motifs is 10. The number of rotatable bonds is 3. The van der Waals surface area contributed by atoms with Crippen molar-refractivity contribution < 1.29 is 8.53 Å². The largest absolute Gasteiger partial charge is 0.456 e.